The monoisotopic (exact) mass is 288 g/mol. The first-order chi connectivity index (χ1) is 10.2. The number of hydrogen-bond acceptors (Lipinski definition) is 4. The normalized spacial score (nSPS) is 10.6. The van der Waals surface area contributed by atoms with Crippen LogP contribution in [0, 0.1) is 0 Å². The molecule has 5 nitrogen and oxygen atoms in total. The lowest BCUT2D eigenvalue weighted by molar-refractivity contribution is 0.190. The summed E-state index contributed by atoms with van der Waals surface area (Å²) in [5.74, 6) is 0.780. The lowest BCUT2D eigenvalue weighted by Gasteiger charge is -2.14. The molecule has 0 fully saturated rings. The summed E-state index contributed by atoms with van der Waals surface area (Å²) in [7, 11) is 3.27. The van der Waals surface area contributed by atoms with Crippen molar-refractivity contribution in [2.75, 3.05) is 26.6 Å². The smallest absolute Gasteiger partial charge is 0.274 e. The molecular formula is C16H20N2O3. The summed E-state index contributed by atoms with van der Waals surface area (Å²) < 4.78 is 11.9. The number of nitrogens with zero attached hydrogens (tertiary/aromatic N) is 1. The third-order valence-electron chi connectivity index (χ3n) is 3.32. The summed E-state index contributed by atoms with van der Waals surface area (Å²) in [6, 6.07) is 11.1. The van der Waals surface area contributed by atoms with E-state index in [-0.39, 0.29) is 11.2 Å². The predicted octanol–water partition coefficient (Wildman–Crippen LogP) is 2.14. The van der Waals surface area contributed by atoms with Crippen molar-refractivity contribution in [3.05, 3.63) is 46.8 Å². The summed E-state index contributed by atoms with van der Waals surface area (Å²) in [5.41, 5.74) is 7.61. The maximum Gasteiger partial charge on any atom is 0.274 e. The van der Waals surface area contributed by atoms with Crippen molar-refractivity contribution >= 4 is 5.69 Å². The molecule has 5 heteroatoms. The number of pyridine rings is 1. The molecule has 1 aromatic heterocycles. The molecule has 0 aliphatic carbocycles. The zero-order valence-corrected chi connectivity index (χ0v) is 12.3. The number of ether oxygens (including phenoxy) is 2. The molecule has 2 N–H and O–H groups in total. The summed E-state index contributed by atoms with van der Waals surface area (Å²) in [6.45, 7) is 1.17. The van der Waals surface area contributed by atoms with Gasteiger partial charge in [-0.25, -0.2) is 0 Å². The van der Waals surface area contributed by atoms with E-state index in [1.165, 1.54) is 0 Å². The number of methoxy groups -OCH3 is 2. The Morgan fingerprint density at radius 3 is 2.43 bits per heavy atom. The summed E-state index contributed by atoms with van der Waals surface area (Å²) >= 11 is 0. The van der Waals surface area contributed by atoms with Crippen LogP contribution in [0.2, 0.25) is 0 Å². The molecule has 0 aliphatic heterocycles. The number of nitrogens with two attached hydrogens (primary N) is 1. The highest BCUT2D eigenvalue weighted by molar-refractivity contribution is 5.62. The number of nitrogen functional groups attached to an aromatic ring is 1. The van der Waals surface area contributed by atoms with Gasteiger partial charge in [0, 0.05) is 20.3 Å². The van der Waals surface area contributed by atoms with E-state index in [0.29, 0.717) is 13.2 Å². The van der Waals surface area contributed by atoms with Gasteiger partial charge in [-0.15, -0.1) is 0 Å². The van der Waals surface area contributed by atoms with Crippen molar-refractivity contribution in [3.63, 3.8) is 0 Å². The van der Waals surface area contributed by atoms with Crippen LogP contribution in [0.25, 0.3) is 11.3 Å². The molecule has 2 rings (SSSR count). The molecule has 0 atom stereocenters. The predicted molar refractivity (Wildman–Crippen MR) is 83.6 cm³/mol. The van der Waals surface area contributed by atoms with E-state index < -0.39 is 0 Å². The molecule has 0 radical (unpaired) electrons. The van der Waals surface area contributed by atoms with Crippen molar-refractivity contribution in [2.45, 2.75) is 13.0 Å². The molecule has 0 saturated carbocycles. The molecule has 112 valence electrons. The zero-order chi connectivity index (χ0) is 15.2. The molecule has 21 heavy (non-hydrogen) atoms. The Hall–Kier alpha value is -2.27. The van der Waals surface area contributed by atoms with Crippen molar-refractivity contribution < 1.29 is 9.47 Å². The quantitative estimate of drug-likeness (QED) is 0.827. The number of aromatic nitrogens is 1. The van der Waals surface area contributed by atoms with Crippen LogP contribution in [0.15, 0.2) is 41.2 Å². The molecule has 1 heterocycles. The fourth-order valence-electron chi connectivity index (χ4n) is 2.20. The van der Waals surface area contributed by atoms with E-state index in [2.05, 4.69) is 0 Å². The van der Waals surface area contributed by atoms with Crippen LogP contribution in [-0.4, -0.2) is 25.4 Å². The molecule has 2 aromatic rings. The van der Waals surface area contributed by atoms with Crippen molar-refractivity contribution in [1.82, 2.24) is 4.57 Å². The van der Waals surface area contributed by atoms with Crippen LogP contribution in [0.3, 0.4) is 0 Å². The first-order valence-corrected chi connectivity index (χ1v) is 6.80. The fourth-order valence-corrected chi connectivity index (χ4v) is 2.20. The third-order valence-corrected chi connectivity index (χ3v) is 3.32. The minimum atomic E-state index is -0.167. The van der Waals surface area contributed by atoms with Crippen LogP contribution >= 0.6 is 0 Å². The van der Waals surface area contributed by atoms with Gasteiger partial charge in [-0.1, -0.05) is 0 Å². The number of hydrogen-bond donors (Lipinski definition) is 1. The second-order valence-corrected chi connectivity index (χ2v) is 4.71. The molecule has 0 spiro atoms. The van der Waals surface area contributed by atoms with Crippen molar-refractivity contribution in [3.8, 4) is 17.0 Å². The molecule has 0 amide bonds. The third kappa shape index (κ3) is 3.44. The van der Waals surface area contributed by atoms with Gasteiger partial charge in [0.25, 0.3) is 5.56 Å². The first kappa shape index (κ1) is 15.1. The lowest BCUT2D eigenvalue weighted by Crippen LogP contribution is -2.24. The SMILES string of the molecule is COCCCn1c(-c2ccc(OC)cc2)ccc(N)c1=O. The van der Waals surface area contributed by atoms with Crippen LogP contribution in [0.1, 0.15) is 6.42 Å². The van der Waals surface area contributed by atoms with E-state index in [0.717, 1.165) is 23.4 Å². The molecular weight excluding hydrogens is 268 g/mol. The number of benzene rings is 1. The topological polar surface area (TPSA) is 66.5 Å². The van der Waals surface area contributed by atoms with E-state index >= 15 is 0 Å². The Morgan fingerprint density at radius 2 is 1.81 bits per heavy atom. The minimum Gasteiger partial charge on any atom is -0.497 e. The van der Waals surface area contributed by atoms with Crippen LogP contribution in [0.4, 0.5) is 5.69 Å². The Balaban J connectivity index is 2.41. The zero-order valence-electron chi connectivity index (χ0n) is 12.3. The van der Waals surface area contributed by atoms with Crippen molar-refractivity contribution in [2.24, 2.45) is 0 Å². The van der Waals surface area contributed by atoms with E-state index in [9.17, 15) is 4.79 Å². The molecule has 0 saturated heterocycles. The highest BCUT2D eigenvalue weighted by Crippen LogP contribution is 2.22. The minimum absolute atomic E-state index is 0.167. The van der Waals surface area contributed by atoms with Gasteiger partial charge in [-0.3, -0.25) is 4.79 Å². The van der Waals surface area contributed by atoms with Gasteiger partial charge < -0.3 is 19.8 Å². The highest BCUT2D eigenvalue weighted by atomic mass is 16.5. The Labute approximate surface area is 123 Å². The Bertz CT molecular complexity index is 648. The van der Waals surface area contributed by atoms with Gasteiger partial charge in [-0.2, -0.15) is 0 Å². The summed E-state index contributed by atoms with van der Waals surface area (Å²) in [4.78, 5) is 12.3. The Morgan fingerprint density at radius 1 is 1.10 bits per heavy atom. The summed E-state index contributed by atoms with van der Waals surface area (Å²) in [5, 5.41) is 0. The largest absolute Gasteiger partial charge is 0.497 e. The number of rotatable bonds is 6. The summed E-state index contributed by atoms with van der Waals surface area (Å²) in [6.07, 6.45) is 0.753. The van der Waals surface area contributed by atoms with Gasteiger partial charge in [0.2, 0.25) is 0 Å². The molecule has 0 unspecified atom stereocenters. The van der Waals surface area contributed by atoms with Gasteiger partial charge in [-0.05, 0) is 48.4 Å². The molecule has 1 aromatic carbocycles. The van der Waals surface area contributed by atoms with Crippen LogP contribution < -0.4 is 16.0 Å². The fraction of sp³-hybridized carbons (Fsp3) is 0.312. The lowest BCUT2D eigenvalue weighted by atomic mass is 10.1. The van der Waals surface area contributed by atoms with E-state index in [1.54, 1.807) is 24.9 Å². The standard InChI is InChI=1S/C16H20N2O3/c1-20-11-3-10-18-15(9-8-14(17)16(18)19)12-4-6-13(21-2)7-5-12/h4-9H,3,10-11,17H2,1-2H3. The maximum atomic E-state index is 12.3. The highest BCUT2D eigenvalue weighted by Gasteiger charge is 2.09. The van der Waals surface area contributed by atoms with Crippen LogP contribution in [-0.2, 0) is 11.3 Å². The molecule has 0 aliphatic rings. The van der Waals surface area contributed by atoms with Gasteiger partial charge >= 0.3 is 0 Å². The van der Waals surface area contributed by atoms with E-state index in [4.69, 9.17) is 15.2 Å². The maximum absolute atomic E-state index is 12.3. The average molecular weight is 288 g/mol. The van der Waals surface area contributed by atoms with Crippen LogP contribution in [0.5, 0.6) is 5.75 Å². The Kier molecular flexibility index (Phi) is 5.00. The van der Waals surface area contributed by atoms with Gasteiger partial charge in [0.05, 0.1) is 18.5 Å². The van der Waals surface area contributed by atoms with Gasteiger partial charge in [0.1, 0.15) is 5.75 Å². The average Bonchev–Trinajstić information content (AvgIpc) is 2.52. The van der Waals surface area contributed by atoms with E-state index in [1.807, 2.05) is 30.3 Å². The number of anilines is 1. The second kappa shape index (κ2) is 6.95. The second-order valence-electron chi connectivity index (χ2n) is 4.71. The van der Waals surface area contributed by atoms with Gasteiger partial charge in [0.15, 0.2) is 0 Å². The molecule has 0 bridgehead atoms. The first-order valence-electron chi connectivity index (χ1n) is 6.80. The van der Waals surface area contributed by atoms with Crippen molar-refractivity contribution in [1.29, 1.82) is 0 Å².